The highest BCUT2D eigenvalue weighted by atomic mass is 35.5. The normalized spacial score (nSPS) is 15.9. The Bertz CT molecular complexity index is 506. The summed E-state index contributed by atoms with van der Waals surface area (Å²) in [6, 6.07) is 5.23. The van der Waals surface area contributed by atoms with Crippen LogP contribution in [0.15, 0.2) is 29.2 Å². The van der Waals surface area contributed by atoms with Gasteiger partial charge in [-0.2, -0.15) is 12.4 Å². The predicted octanol–water partition coefficient (Wildman–Crippen LogP) is 1.86. The molecule has 8 heteroatoms. The van der Waals surface area contributed by atoms with Crippen molar-refractivity contribution in [2.75, 3.05) is 6.66 Å². The van der Waals surface area contributed by atoms with Crippen LogP contribution in [-0.4, -0.2) is 20.0 Å². The van der Waals surface area contributed by atoms with Gasteiger partial charge in [0, 0.05) is 11.7 Å². The highest BCUT2D eigenvalue weighted by molar-refractivity contribution is 7.91. The van der Waals surface area contributed by atoms with E-state index in [2.05, 4.69) is 3.97 Å². The third-order valence-electron chi connectivity index (χ3n) is 1.32. The van der Waals surface area contributed by atoms with Crippen molar-refractivity contribution in [2.45, 2.75) is 4.90 Å². The molecule has 1 unspecified atom stereocenters. The van der Waals surface area contributed by atoms with E-state index in [4.69, 9.17) is 16.5 Å². The van der Waals surface area contributed by atoms with Crippen LogP contribution in [0.2, 0.25) is 5.02 Å². The minimum atomic E-state index is -4.24. The molecule has 0 saturated heterocycles. The van der Waals surface area contributed by atoms with E-state index in [0.29, 0.717) is 0 Å². The maximum absolute atomic E-state index is 11.4. The lowest BCUT2D eigenvalue weighted by Crippen LogP contribution is -2.04. The standard InChI is InChI=1S/C7H8ClO5PS/c1-14(9,10)13-15(11,12)7-4-2-3-6(8)5-7/h2-5H,1H3,(H,9,10). The second-order valence-electron chi connectivity index (χ2n) is 2.79. The molecule has 0 aliphatic heterocycles. The largest absolute Gasteiger partial charge is 0.339 e. The minimum absolute atomic E-state index is 0.198. The molecule has 0 amide bonds. The number of halogens is 1. The van der Waals surface area contributed by atoms with Gasteiger partial charge in [-0.15, -0.1) is 0 Å². The van der Waals surface area contributed by atoms with Crippen molar-refractivity contribution in [3.63, 3.8) is 0 Å². The molecule has 1 atom stereocenters. The molecule has 0 aliphatic carbocycles. The third-order valence-corrected chi connectivity index (χ3v) is 4.28. The van der Waals surface area contributed by atoms with Gasteiger partial charge in [-0.05, 0) is 18.2 Å². The Kier molecular flexibility index (Phi) is 3.58. The van der Waals surface area contributed by atoms with Gasteiger partial charge in [0.15, 0.2) is 0 Å². The minimum Gasteiger partial charge on any atom is -0.324 e. The summed E-state index contributed by atoms with van der Waals surface area (Å²) in [5.41, 5.74) is 0. The molecule has 1 rings (SSSR count). The van der Waals surface area contributed by atoms with Crippen LogP contribution in [0.4, 0.5) is 0 Å². The second kappa shape index (κ2) is 4.23. The first kappa shape index (κ1) is 12.7. The molecular weight excluding hydrogens is 263 g/mol. The lowest BCUT2D eigenvalue weighted by molar-refractivity contribution is 0.384. The molecule has 0 saturated carbocycles. The van der Waals surface area contributed by atoms with E-state index in [1.165, 1.54) is 18.2 Å². The van der Waals surface area contributed by atoms with Crippen LogP contribution in [0.25, 0.3) is 0 Å². The Morgan fingerprint density at radius 2 is 2.07 bits per heavy atom. The molecule has 0 radical (unpaired) electrons. The molecular formula is C7H8ClO5PS. The molecule has 0 spiro atoms. The zero-order valence-electron chi connectivity index (χ0n) is 7.62. The first-order valence-corrected chi connectivity index (χ1v) is 7.54. The van der Waals surface area contributed by atoms with Gasteiger partial charge in [-0.25, -0.2) is 0 Å². The summed E-state index contributed by atoms with van der Waals surface area (Å²) in [6.45, 7) is 0.787. The molecule has 0 aliphatic rings. The summed E-state index contributed by atoms with van der Waals surface area (Å²) in [6.07, 6.45) is 0. The molecule has 0 bridgehead atoms. The van der Waals surface area contributed by atoms with Crippen LogP contribution in [-0.2, 0) is 18.7 Å². The van der Waals surface area contributed by atoms with Crippen molar-refractivity contribution in [3.8, 4) is 0 Å². The van der Waals surface area contributed by atoms with Crippen LogP contribution in [0.5, 0.6) is 0 Å². The quantitative estimate of drug-likeness (QED) is 0.848. The fourth-order valence-corrected chi connectivity index (χ4v) is 3.42. The first-order chi connectivity index (χ1) is 6.71. The smallest absolute Gasteiger partial charge is 0.324 e. The molecule has 0 heterocycles. The van der Waals surface area contributed by atoms with E-state index in [1.807, 2.05) is 0 Å². The number of benzene rings is 1. The van der Waals surface area contributed by atoms with Crippen LogP contribution in [0.1, 0.15) is 0 Å². The van der Waals surface area contributed by atoms with E-state index >= 15 is 0 Å². The number of rotatable bonds is 3. The van der Waals surface area contributed by atoms with Gasteiger partial charge in [-0.3, -0.25) is 4.57 Å². The highest BCUT2D eigenvalue weighted by Gasteiger charge is 2.24. The maximum Gasteiger partial charge on any atom is 0.339 e. The SMILES string of the molecule is CP(=O)(O)OS(=O)(=O)c1cccc(Cl)c1. The lowest BCUT2D eigenvalue weighted by Gasteiger charge is -2.07. The molecule has 0 aromatic heterocycles. The Morgan fingerprint density at radius 1 is 1.47 bits per heavy atom. The molecule has 5 nitrogen and oxygen atoms in total. The summed E-state index contributed by atoms with van der Waals surface area (Å²) < 4.78 is 37.7. The van der Waals surface area contributed by atoms with Gasteiger partial charge in [0.2, 0.25) is 0 Å². The Labute approximate surface area is 92.3 Å². The summed E-state index contributed by atoms with van der Waals surface area (Å²) >= 11 is 5.57. The van der Waals surface area contributed by atoms with Gasteiger partial charge in [-0.1, -0.05) is 17.7 Å². The highest BCUT2D eigenvalue weighted by Crippen LogP contribution is 2.40. The predicted molar refractivity (Wildman–Crippen MR) is 55.5 cm³/mol. The third kappa shape index (κ3) is 3.93. The number of hydrogen-bond acceptors (Lipinski definition) is 4. The topological polar surface area (TPSA) is 80.7 Å². The summed E-state index contributed by atoms with van der Waals surface area (Å²) in [4.78, 5) is 8.55. The number of hydrogen-bond donors (Lipinski definition) is 1. The Morgan fingerprint density at radius 3 is 2.53 bits per heavy atom. The fourth-order valence-electron chi connectivity index (χ4n) is 0.848. The fraction of sp³-hybridized carbons (Fsp3) is 0.143. The van der Waals surface area contributed by atoms with Crippen molar-refractivity contribution < 1.29 is 21.8 Å². The van der Waals surface area contributed by atoms with Gasteiger partial charge in [0.05, 0.1) is 4.90 Å². The summed E-state index contributed by atoms with van der Waals surface area (Å²) in [7, 11) is -8.34. The van der Waals surface area contributed by atoms with Gasteiger partial charge in [0.25, 0.3) is 0 Å². The average molecular weight is 271 g/mol. The zero-order chi connectivity index (χ0) is 11.7. The molecule has 84 valence electrons. The van der Waals surface area contributed by atoms with Crippen LogP contribution >= 0.6 is 19.2 Å². The van der Waals surface area contributed by atoms with E-state index in [0.717, 1.165) is 12.7 Å². The molecule has 1 aromatic carbocycles. The second-order valence-corrected chi connectivity index (χ2v) is 6.81. The Balaban J connectivity index is 3.13. The molecule has 1 aromatic rings. The first-order valence-electron chi connectivity index (χ1n) is 3.73. The van der Waals surface area contributed by atoms with Gasteiger partial charge >= 0.3 is 17.7 Å². The lowest BCUT2D eigenvalue weighted by atomic mass is 10.4. The maximum atomic E-state index is 11.4. The average Bonchev–Trinajstić information content (AvgIpc) is 1.99. The van der Waals surface area contributed by atoms with Crippen molar-refractivity contribution in [1.29, 1.82) is 0 Å². The zero-order valence-corrected chi connectivity index (χ0v) is 10.1. The van der Waals surface area contributed by atoms with Crippen molar-refractivity contribution >= 4 is 29.3 Å². The van der Waals surface area contributed by atoms with E-state index < -0.39 is 17.7 Å². The molecule has 1 N–H and O–H groups in total. The van der Waals surface area contributed by atoms with Gasteiger partial charge < -0.3 is 4.89 Å². The van der Waals surface area contributed by atoms with Crippen molar-refractivity contribution in [2.24, 2.45) is 0 Å². The van der Waals surface area contributed by atoms with Gasteiger partial charge in [0.1, 0.15) is 0 Å². The van der Waals surface area contributed by atoms with Crippen molar-refractivity contribution in [1.82, 2.24) is 0 Å². The van der Waals surface area contributed by atoms with Crippen LogP contribution in [0, 0.1) is 0 Å². The molecule has 15 heavy (non-hydrogen) atoms. The van der Waals surface area contributed by atoms with Crippen LogP contribution in [0.3, 0.4) is 0 Å². The summed E-state index contributed by atoms with van der Waals surface area (Å²) in [5, 5.41) is 0.198. The van der Waals surface area contributed by atoms with Crippen molar-refractivity contribution in [3.05, 3.63) is 29.3 Å². The van der Waals surface area contributed by atoms with E-state index in [1.54, 1.807) is 0 Å². The monoisotopic (exact) mass is 270 g/mol. The van der Waals surface area contributed by atoms with E-state index in [-0.39, 0.29) is 9.92 Å². The molecule has 0 fully saturated rings. The summed E-state index contributed by atoms with van der Waals surface area (Å²) in [5.74, 6) is 0. The van der Waals surface area contributed by atoms with Crippen LogP contribution < -0.4 is 0 Å². The Hall–Kier alpha value is -0.390. The van der Waals surface area contributed by atoms with E-state index in [9.17, 15) is 13.0 Å².